The molecule has 2 amide bonds. The van der Waals surface area contributed by atoms with Gasteiger partial charge < -0.3 is 21.1 Å². The van der Waals surface area contributed by atoms with Gasteiger partial charge in [0.05, 0.1) is 12.5 Å². The molecule has 0 fully saturated rings. The number of halogens is 1. The Morgan fingerprint density at radius 2 is 2.23 bits per heavy atom. The van der Waals surface area contributed by atoms with Crippen LogP contribution < -0.4 is 16.4 Å². The number of hydrogen-bond acceptors (Lipinski definition) is 4. The summed E-state index contributed by atoms with van der Waals surface area (Å²) in [5, 5.41) is 5.70. The standard InChI is InChI=1S/C15H21N3O3.ClH/c1-21-12(9-16)8-15(20)17-11-5-6-13-10(7-11)3-2-4-14(19)18-13;/h5-7,12H,2-4,8-9,16H2,1H3,(H,17,20)(H,18,19);1H. The van der Waals surface area contributed by atoms with Gasteiger partial charge in [-0.25, -0.2) is 0 Å². The van der Waals surface area contributed by atoms with Gasteiger partial charge in [-0.1, -0.05) is 0 Å². The van der Waals surface area contributed by atoms with Gasteiger partial charge in [0.2, 0.25) is 11.8 Å². The lowest BCUT2D eigenvalue weighted by Crippen LogP contribution is -2.28. The zero-order chi connectivity index (χ0) is 15.2. The van der Waals surface area contributed by atoms with E-state index in [2.05, 4.69) is 10.6 Å². The molecule has 1 atom stereocenters. The van der Waals surface area contributed by atoms with Crippen LogP contribution in [0.4, 0.5) is 11.4 Å². The first-order valence-corrected chi connectivity index (χ1v) is 7.08. The maximum absolute atomic E-state index is 11.9. The zero-order valence-electron chi connectivity index (χ0n) is 12.6. The van der Waals surface area contributed by atoms with Crippen LogP contribution in [0, 0.1) is 0 Å². The molecule has 2 rings (SSSR count). The van der Waals surface area contributed by atoms with Crippen molar-refractivity contribution < 1.29 is 14.3 Å². The summed E-state index contributed by atoms with van der Waals surface area (Å²) >= 11 is 0. The van der Waals surface area contributed by atoms with Gasteiger partial charge in [-0.3, -0.25) is 9.59 Å². The number of carbonyl (C=O) groups is 2. The van der Waals surface area contributed by atoms with Crippen LogP contribution in [-0.4, -0.2) is 31.6 Å². The molecule has 0 saturated carbocycles. The van der Waals surface area contributed by atoms with Crippen molar-refractivity contribution in [2.75, 3.05) is 24.3 Å². The van der Waals surface area contributed by atoms with Gasteiger partial charge in [0.25, 0.3) is 0 Å². The van der Waals surface area contributed by atoms with Crippen molar-refractivity contribution in [2.24, 2.45) is 5.73 Å². The monoisotopic (exact) mass is 327 g/mol. The SMILES string of the molecule is COC(CN)CC(=O)Nc1ccc2c(c1)CCCC(=O)N2.Cl. The summed E-state index contributed by atoms with van der Waals surface area (Å²) in [5.74, 6) is -0.0960. The highest BCUT2D eigenvalue weighted by atomic mass is 35.5. The van der Waals surface area contributed by atoms with E-state index >= 15 is 0 Å². The minimum absolute atomic E-state index is 0. The van der Waals surface area contributed by atoms with Crippen LogP contribution in [0.15, 0.2) is 18.2 Å². The molecule has 0 aliphatic carbocycles. The number of fused-ring (bicyclic) bond motifs is 1. The van der Waals surface area contributed by atoms with Crippen LogP contribution in [-0.2, 0) is 20.7 Å². The van der Waals surface area contributed by atoms with Crippen LogP contribution in [0.1, 0.15) is 24.8 Å². The van der Waals surface area contributed by atoms with Gasteiger partial charge in [0.1, 0.15) is 0 Å². The minimum Gasteiger partial charge on any atom is -0.380 e. The molecule has 0 bridgehead atoms. The zero-order valence-corrected chi connectivity index (χ0v) is 13.4. The second-order valence-electron chi connectivity index (χ2n) is 5.12. The molecule has 1 aromatic carbocycles. The quantitative estimate of drug-likeness (QED) is 0.767. The van der Waals surface area contributed by atoms with E-state index in [1.807, 2.05) is 12.1 Å². The molecule has 0 spiro atoms. The number of rotatable bonds is 5. The number of carbonyl (C=O) groups excluding carboxylic acids is 2. The number of amides is 2. The summed E-state index contributed by atoms with van der Waals surface area (Å²) < 4.78 is 5.09. The second kappa shape index (κ2) is 8.73. The van der Waals surface area contributed by atoms with Crippen LogP contribution >= 0.6 is 12.4 Å². The molecule has 1 aromatic rings. The normalized spacial score (nSPS) is 14.9. The van der Waals surface area contributed by atoms with E-state index in [-0.39, 0.29) is 36.7 Å². The minimum atomic E-state index is -0.273. The molecule has 1 aliphatic heterocycles. The highest BCUT2D eigenvalue weighted by Gasteiger charge is 2.15. The third-order valence-corrected chi connectivity index (χ3v) is 3.52. The smallest absolute Gasteiger partial charge is 0.227 e. The van der Waals surface area contributed by atoms with Crippen molar-refractivity contribution in [1.29, 1.82) is 0 Å². The highest BCUT2D eigenvalue weighted by Crippen LogP contribution is 2.25. The van der Waals surface area contributed by atoms with Crippen LogP contribution in [0.25, 0.3) is 0 Å². The van der Waals surface area contributed by atoms with E-state index in [1.165, 1.54) is 7.11 Å². The Kier molecular flexibility index (Phi) is 7.31. The average molecular weight is 328 g/mol. The molecule has 1 unspecified atom stereocenters. The summed E-state index contributed by atoms with van der Waals surface area (Å²) in [6.07, 6.45) is 2.12. The van der Waals surface area contributed by atoms with Gasteiger partial charge in [0, 0.05) is 31.5 Å². The molecule has 0 aromatic heterocycles. The van der Waals surface area contributed by atoms with E-state index in [1.54, 1.807) is 6.07 Å². The second-order valence-corrected chi connectivity index (χ2v) is 5.12. The molecule has 122 valence electrons. The molecule has 1 aliphatic rings. The van der Waals surface area contributed by atoms with E-state index in [0.29, 0.717) is 13.0 Å². The summed E-state index contributed by atoms with van der Waals surface area (Å²) in [4.78, 5) is 23.4. The van der Waals surface area contributed by atoms with E-state index in [4.69, 9.17) is 10.5 Å². The predicted octanol–water partition coefficient (Wildman–Crippen LogP) is 1.69. The number of methoxy groups -OCH3 is 1. The number of nitrogens with two attached hydrogens (primary N) is 1. The number of aryl methyl sites for hydroxylation is 1. The third kappa shape index (κ3) is 4.98. The molecule has 7 heteroatoms. The Balaban J connectivity index is 0.00000242. The molecule has 22 heavy (non-hydrogen) atoms. The van der Waals surface area contributed by atoms with E-state index in [0.717, 1.165) is 29.8 Å². The first-order chi connectivity index (χ1) is 10.1. The highest BCUT2D eigenvalue weighted by molar-refractivity contribution is 5.94. The van der Waals surface area contributed by atoms with Gasteiger partial charge in [-0.05, 0) is 36.6 Å². The van der Waals surface area contributed by atoms with Crippen LogP contribution in [0.3, 0.4) is 0 Å². The summed E-state index contributed by atoms with van der Waals surface area (Å²) in [7, 11) is 1.54. The first-order valence-electron chi connectivity index (χ1n) is 7.08. The Morgan fingerprint density at radius 3 is 2.91 bits per heavy atom. The number of anilines is 2. The Hall–Kier alpha value is -1.63. The van der Waals surface area contributed by atoms with Crippen molar-refractivity contribution in [2.45, 2.75) is 31.8 Å². The molecule has 6 nitrogen and oxygen atoms in total. The summed E-state index contributed by atoms with van der Waals surface area (Å²) in [6.45, 7) is 0.306. The predicted molar refractivity (Wildman–Crippen MR) is 88.4 cm³/mol. The van der Waals surface area contributed by atoms with Gasteiger partial charge in [-0.2, -0.15) is 0 Å². The van der Waals surface area contributed by atoms with Crippen molar-refractivity contribution in [1.82, 2.24) is 0 Å². The van der Waals surface area contributed by atoms with Crippen molar-refractivity contribution >= 4 is 35.6 Å². The van der Waals surface area contributed by atoms with Crippen molar-refractivity contribution in [3.63, 3.8) is 0 Å². The van der Waals surface area contributed by atoms with Crippen LogP contribution in [0.5, 0.6) is 0 Å². The summed E-state index contributed by atoms with van der Waals surface area (Å²) in [6, 6.07) is 5.51. The number of ether oxygens (including phenoxy) is 1. The Labute approximate surface area is 136 Å². The average Bonchev–Trinajstić information content (AvgIpc) is 2.65. The fourth-order valence-electron chi connectivity index (χ4n) is 2.33. The largest absolute Gasteiger partial charge is 0.380 e. The fraction of sp³-hybridized carbons (Fsp3) is 0.467. The Bertz CT molecular complexity index is 533. The van der Waals surface area contributed by atoms with Crippen LogP contribution in [0.2, 0.25) is 0 Å². The lowest BCUT2D eigenvalue weighted by molar-refractivity contribution is -0.118. The lowest BCUT2D eigenvalue weighted by atomic mass is 10.1. The molecule has 0 radical (unpaired) electrons. The molecular formula is C15H22ClN3O3. The molecule has 0 saturated heterocycles. The first kappa shape index (κ1) is 18.4. The fourth-order valence-corrected chi connectivity index (χ4v) is 2.33. The summed E-state index contributed by atoms with van der Waals surface area (Å²) in [5.41, 5.74) is 8.09. The topological polar surface area (TPSA) is 93.4 Å². The van der Waals surface area contributed by atoms with Gasteiger partial charge in [0.15, 0.2) is 0 Å². The lowest BCUT2D eigenvalue weighted by Gasteiger charge is -2.14. The van der Waals surface area contributed by atoms with Gasteiger partial charge in [-0.15, -0.1) is 12.4 Å². The molecule has 1 heterocycles. The number of benzene rings is 1. The maximum Gasteiger partial charge on any atom is 0.227 e. The van der Waals surface area contributed by atoms with Gasteiger partial charge >= 0.3 is 0 Å². The number of hydrogen-bond donors (Lipinski definition) is 3. The third-order valence-electron chi connectivity index (χ3n) is 3.52. The maximum atomic E-state index is 11.9. The number of nitrogens with one attached hydrogen (secondary N) is 2. The molecular weight excluding hydrogens is 306 g/mol. The van der Waals surface area contributed by atoms with Crippen molar-refractivity contribution in [3.8, 4) is 0 Å². The van der Waals surface area contributed by atoms with E-state index in [9.17, 15) is 9.59 Å². The molecule has 4 N–H and O–H groups in total. The van der Waals surface area contributed by atoms with Crippen molar-refractivity contribution in [3.05, 3.63) is 23.8 Å². The Morgan fingerprint density at radius 1 is 1.45 bits per heavy atom. The van der Waals surface area contributed by atoms with E-state index < -0.39 is 0 Å².